The van der Waals surface area contributed by atoms with Gasteiger partial charge in [-0.05, 0) is 55.5 Å². The Hall–Kier alpha value is -3.46. The predicted molar refractivity (Wildman–Crippen MR) is 109 cm³/mol. The summed E-state index contributed by atoms with van der Waals surface area (Å²) in [6.07, 6.45) is 1.58. The molecule has 0 saturated heterocycles. The van der Waals surface area contributed by atoms with Crippen LogP contribution in [0.5, 0.6) is 5.75 Å². The third-order valence-electron chi connectivity index (χ3n) is 4.04. The van der Waals surface area contributed by atoms with Crippen molar-refractivity contribution in [1.29, 1.82) is 0 Å². The van der Waals surface area contributed by atoms with E-state index in [0.29, 0.717) is 28.3 Å². The minimum atomic E-state index is -1.11. The monoisotopic (exact) mass is 458 g/mol. The fraction of sp³-hybridized carbons (Fsp3) is 0.100. The maximum absolute atomic E-state index is 12.9. The van der Waals surface area contributed by atoms with Crippen LogP contribution in [0.3, 0.4) is 0 Å². The molecule has 3 rings (SSSR count). The van der Waals surface area contributed by atoms with Crippen molar-refractivity contribution in [3.8, 4) is 5.75 Å². The highest BCUT2D eigenvalue weighted by molar-refractivity contribution is 9.10. The second-order valence-electron chi connectivity index (χ2n) is 6.08. The van der Waals surface area contributed by atoms with Crippen LogP contribution in [0.15, 0.2) is 57.6 Å². The van der Waals surface area contributed by atoms with Gasteiger partial charge in [0.25, 0.3) is 5.91 Å². The van der Waals surface area contributed by atoms with E-state index in [0.717, 1.165) is 4.47 Å². The Morgan fingerprint density at radius 3 is 2.48 bits per heavy atom. The van der Waals surface area contributed by atoms with E-state index in [1.54, 1.807) is 31.2 Å². The zero-order valence-corrected chi connectivity index (χ0v) is 16.7. The zero-order chi connectivity index (χ0) is 21.1. The third kappa shape index (κ3) is 4.52. The fourth-order valence-corrected chi connectivity index (χ4v) is 3.04. The molecule has 1 amide bonds. The van der Waals surface area contributed by atoms with Gasteiger partial charge in [-0.3, -0.25) is 4.79 Å². The number of amides is 1. The first-order chi connectivity index (χ1) is 13.8. The molecule has 1 heterocycles. The number of rotatable bonds is 6. The molecule has 0 bridgehead atoms. The lowest BCUT2D eigenvalue weighted by molar-refractivity contribution is -0.139. The smallest absolute Gasteiger partial charge is 0.341 e. The molecule has 1 aliphatic heterocycles. The second kappa shape index (κ2) is 8.27. The molecule has 9 heteroatoms. The van der Waals surface area contributed by atoms with Gasteiger partial charge in [0.05, 0.1) is 22.5 Å². The third-order valence-corrected chi connectivity index (χ3v) is 4.54. The summed E-state index contributed by atoms with van der Waals surface area (Å²) in [6.45, 7) is 1.16. The molecule has 29 heavy (non-hydrogen) atoms. The average Bonchev–Trinajstić information content (AvgIpc) is 2.95. The van der Waals surface area contributed by atoms with Crippen LogP contribution in [0.25, 0.3) is 6.08 Å². The number of carbonyl (C=O) groups excluding carboxylic acids is 1. The molecule has 2 aromatic carbocycles. The van der Waals surface area contributed by atoms with Crippen LogP contribution < -0.4 is 9.75 Å². The Morgan fingerprint density at radius 1 is 1.17 bits per heavy atom. The number of aliphatic carboxylic acids is 1. The highest BCUT2D eigenvalue weighted by Crippen LogP contribution is 2.29. The van der Waals surface area contributed by atoms with Gasteiger partial charge in [-0.25, -0.2) is 9.59 Å². The maximum atomic E-state index is 12.9. The molecule has 0 unspecified atom stereocenters. The number of hydrogen-bond donors (Lipinski definition) is 2. The van der Waals surface area contributed by atoms with Crippen molar-refractivity contribution in [2.24, 2.45) is 5.10 Å². The lowest BCUT2D eigenvalue weighted by atomic mass is 10.1. The largest absolute Gasteiger partial charge is 0.481 e. The lowest BCUT2D eigenvalue weighted by Crippen LogP contribution is -2.21. The summed E-state index contributed by atoms with van der Waals surface area (Å²) in [6, 6.07) is 10.8. The van der Waals surface area contributed by atoms with Gasteiger partial charge in [0.1, 0.15) is 5.75 Å². The molecular weight excluding hydrogens is 444 g/mol. The fourth-order valence-electron chi connectivity index (χ4n) is 2.66. The van der Waals surface area contributed by atoms with Crippen LogP contribution in [0.1, 0.15) is 22.8 Å². The van der Waals surface area contributed by atoms with Crippen LogP contribution in [-0.4, -0.2) is 40.4 Å². The molecule has 0 fully saturated rings. The number of benzene rings is 2. The van der Waals surface area contributed by atoms with Gasteiger partial charge in [-0.15, -0.1) is 0 Å². The molecule has 148 valence electrons. The Morgan fingerprint density at radius 2 is 1.86 bits per heavy atom. The molecule has 0 spiro atoms. The SMILES string of the molecule is CC1=NN(c2ccc(C(=O)O)cc2)C(=O)/C1=C/c1cc(Br)ccc1OCC(=O)O. The van der Waals surface area contributed by atoms with Gasteiger partial charge >= 0.3 is 11.9 Å². The van der Waals surface area contributed by atoms with Gasteiger partial charge in [0.2, 0.25) is 0 Å². The van der Waals surface area contributed by atoms with Gasteiger partial charge in [-0.1, -0.05) is 15.9 Å². The first-order valence-corrected chi connectivity index (χ1v) is 9.15. The molecule has 0 aromatic heterocycles. The number of halogens is 1. The van der Waals surface area contributed by atoms with Crippen LogP contribution >= 0.6 is 15.9 Å². The topological polar surface area (TPSA) is 117 Å². The van der Waals surface area contributed by atoms with E-state index in [-0.39, 0.29) is 5.56 Å². The normalized spacial score (nSPS) is 14.8. The number of hydrogen-bond acceptors (Lipinski definition) is 5. The van der Waals surface area contributed by atoms with Crippen LogP contribution in [-0.2, 0) is 9.59 Å². The molecule has 8 nitrogen and oxygen atoms in total. The van der Waals surface area contributed by atoms with Crippen LogP contribution in [0.2, 0.25) is 0 Å². The average molecular weight is 459 g/mol. The lowest BCUT2D eigenvalue weighted by Gasteiger charge is -2.12. The first kappa shape index (κ1) is 20.3. The molecule has 0 aliphatic carbocycles. The molecule has 1 aliphatic rings. The van der Waals surface area contributed by atoms with Gasteiger partial charge in [0.15, 0.2) is 6.61 Å². The molecule has 0 saturated carbocycles. The summed E-state index contributed by atoms with van der Waals surface area (Å²) in [5.74, 6) is -2.26. The van der Waals surface area contributed by atoms with Crippen molar-refractivity contribution < 1.29 is 29.3 Å². The van der Waals surface area contributed by atoms with Crippen molar-refractivity contribution in [3.05, 3.63) is 63.6 Å². The number of hydrazone groups is 1. The maximum Gasteiger partial charge on any atom is 0.341 e. The van der Waals surface area contributed by atoms with Crippen molar-refractivity contribution in [2.45, 2.75) is 6.92 Å². The molecular formula is C20H15BrN2O6. The predicted octanol–water partition coefficient (Wildman–Crippen LogP) is 3.42. The van der Waals surface area contributed by atoms with E-state index < -0.39 is 24.5 Å². The number of aromatic carboxylic acids is 1. The first-order valence-electron chi connectivity index (χ1n) is 8.35. The van der Waals surface area contributed by atoms with E-state index in [4.69, 9.17) is 14.9 Å². The van der Waals surface area contributed by atoms with E-state index >= 15 is 0 Å². The zero-order valence-electron chi connectivity index (χ0n) is 15.1. The molecule has 0 atom stereocenters. The molecule has 0 radical (unpaired) electrons. The number of carboxylic acid groups (broad SMARTS) is 2. The summed E-state index contributed by atoms with van der Waals surface area (Å²) in [5.41, 5.74) is 1.82. The summed E-state index contributed by atoms with van der Waals surface area (Å²) in [7, 11) is 0. The minimum Gasteiger partial charge on any atom is -0.481 e. The summed E-state index contributed by atoms with van der Waals surface area (Å²) in [5, 5.41) is 23.3. The Kier molecular flexibility index (Phi) is 5.79. The van der Waals surface area contributed by atoms with Crippen molar-refractivity contribution in [3.63, 3.8) is 0 Å². The van der Waals surface area contributed by atoms with E-state index in [1.165, 1.54) is 29.3 Å². The van der Waals surface area contributed by atoms with Crippen LogP contribution in [0, 0.1) is 0 Å². The summed E-state index contributed by atoms with van der Waals surface area (Å²) in [4.78, 5) is 34.7. The van der Waals surface area contributed by atoms with Gasteiger partial charge < -0.3 is 14.9 Å². The molecule has 2 aromatic rings. The Balaban J connectivity index is 1.92. The Labute approximate surface area is 173 Å². The van der Waals surface area contributed by atoms with Crippen molar-refractivity contribution in [1.82, 2.24) is 0 Å². The van der Waals surface area contributed by atoms with E-state index in [9.17, 15) is 14.4 Å². The standard InChI is InChI=1S/C20H15BrN2O6/c1-11-16(9-13-8-14(21)4-7-17(13)29-10-18(24)25)19(26)23(22-11)15-5-2-12(3-6-15)20(27)28/h2-9H,10H2,1H3,(H,24,25)(H,27,28)/b16-9+. The highest BCUT2D eigenvalue weighted by atomic mass is 79.9. The number of nitrogens with zero attached hydrogens (tertiary/aromatic N) is 2. The number of carbonyl (C=O) groups is 3. The number of ether oxygens (including phenoxy) is 1. The summed E-state index contributed by atoms with van der Waals surface area (Å²) >= 11 is 3.35. The molecule has 2 N–H and O–H groups in total. The quantitative estimate of drug-likeness (QED) is 0.640. The van der Waals surface area contributed by atoms with Crippen molar-refractivity contribution in [2.75, 3.05) is 11.6 Å². The second-order valence-corrected chi connectivity index (χ2v) is 6.99. The highest BCUT2D eigenvalue weighted by Gasteiger charge is 2.29. The van der Waals surface area contributed by atoms with Crippen molar-refractivity contribution >= 4 is 51.3 Å². The Bertz CT molecular complexity index is 1060. The van der Waals surface area contributed by atoms with Gasteiger partial charge in [-0.2, -0.15) is 10.1 Å². The number of anilines is 1. The van der Waals surface area contributed by atoms with Gasteiger partial charge in [0, 0.05) is 10.0 Å². The van der Waals surface area contributed by atoms with Crippen LogP contribution in [0.4, 0.5) is 5.69 Å². The number of carboxylic acids is 2. The van der Waals surface area contributed by atoms with E-state index in [2.05, 4.69) is 21.0 Å². The minimum absolute atomic E-state index is 0.103. The summed E-state index contributed by atoms with van der Waals surface area (Å²) < 4.78 is 6.03. The van der Waals surface area contributed by atoms with E-state index in [1.807, 2.05) is 0 Å².